The molecule has 0 aromatic heterocycles. The fourth-order valence-electron chi connectivity index (χ4n) is 3.29. The van der Waals surface area contributed by atoms with E-state index in [-0.39, 0.29) is 17.9 Å². The summed E-state index contributed by atoms with van der Waals surface area (Å²) in [6.45, 7) is 5.74. The van der Waals surface area contributed by atoms with Gasteiger partial charge in [-0.25, -0.2) is 0 Å². The highest BCUT2D eigenvalue weighted by Gasteiger charge is 2.24. The summed E-state index contributed by atoms with van der Waals surface area (Å²) in [5.74, 6) is -0.0793. The average molecular weight is 366 g/mol. The van der Waals surface area contributed by atoms with Gasteiger partial charge in [-0.3, -0.25) is 9.59 Å². The van der Waals surface area contributed by atoms with Crippen molar-refractivity contribution < 1.29 is 14.3 Å². The number of benzene rings is 2. The van der Waals surface area contributed by atoms with Crippen LogP contribution in [0.5, 0.6) is 0 Å². The van der Waals surface area contributed by atoms with E-state index in [0.29, 0.717) is 43.9 Å². The van der Waals surface area contributed by atoms with Crippen molar-refractivity contribution in [3.8, 4) is 0 Å². The molecule has 0 saturated carbocycles. The molecular weight excluding hydrogens is 340 g/mol. The SMILES string of the molecule is Cc1ccccc1CCC(=O)Nc1cccc(C(=O)N2CCOCC2C)c1. The molecule has 1 unspecified atom stereocenters. The van der Waals surface area contributed by atoms with E-state index in [4.69, 9.17) is 4.74 Å². The van der Waals surface area contributed by atoms with Gasteiger partial charge in [0.25, 0.3) is 5.91 Å². The molecule has 2 aromatic carbocycles. The molecule has 2 aromatic rings. The van der Waals surface area contributed by atoms with Crippen LogP contribution < -0.4 is 5.32 Å². The number of hydrogen-bond acceptors (Lipinski definition) is 3. The Labute approximate surface area is 160 Å². The Morgan fingerprint density at radius 1 is 1.19 bits per heavy atom. The topological polar surface area (TPSA) is 58.6 Å². The highest BCUT2D eigenvalue weighted by Crippen LogP contribution is 2.17. The van der Waals surface area contributed by atoms with Gasteiger partial charge >= 0.3 is 0 Å². The lowest BCUT2D eigenvalue weighted by Crippen LogP contribution is -2.47. The van der Waals surface area contributed by atoms with E-state index < -0.39 is 0 Å². The molecule has 0 bridgehead atoms. The van der Waals surface area contributed by atoms with E-state index in [9.17, 15) is 9.59 Å². The van der Waals surface area contributed by atoms with E-state index >= 15 is 0 Å². The van der Waals surface area contributed by atoms with E-state index in [0.717, 1.165) is 0 Å². The third kappa shape index (κ3) is 4.95. The molecule has 5 nitrogen and oxygen atoms in total. The molecule has 0 aliphatic carbocycles. The highest BCUT2D eigenvalue weighted by atomic mass is 16.5. The Hall–Kier alpha value is -2.66. The first-order chi connectivity index (χ1) is 13.0. The van der Waals surface area contributed by atoms with Crippen LogP contribution in [0.15, 0.2) is 48.5 Å². The van der Waals surface area contributed by atoms with Crippen molar-refractivity contribution in [2.45, 2.75) is 32.7 Å². The number of carbonyl (C=O) groups is 2. The van der Waals surface area contributed by atoms with Crippen LogP contribution in [0.1, 0.15) is 34.8 Å². The maximum absolute atomic E-state index is 12.8. The molecule has 1 aliphatic heterocycles. The monoisotopic (exact) mass is 366 g/mol. The van der Waals surface area contributed by atoms with Gasteiger partial charge in [0.2, 0.25) is 5.91 Å². The maximum atomic E-state index is 12.8. The molecule has 1 N–H and O–H groups in total. The Morgan fingerprint density at radius 3 is 2.78 bits per heavy atom. The third-order valence-electron chi connectivity index (χ3n) is 4.90. The van der Waals surface area contributed by atoms with Gasteiger partial charge in [-0.15, -0.1) is 0 Å². The summed E-state index contributed by atoms with van der Waals surface area (Å²) in [4.78, 5) is 26.9. The fourth-order valence-corrected chi connectivity index (χ4v) is 3.29. The van der Waals surface area contributed by atoms with Crippen LogP contribution in [0.25, 0.3) is 0 Å². The number of hydrogen-bond donors (Lipinski definition) is 1. The number of morpholine rings is 1. The second-order valence-corrected chi connectivity index (χ2v) is 6.98. The van der Waals surface area contributed by atoms with Crippen LogP contribution in [0.2, 0.25) is 0 Å². The summed E-state index contributed by atoms with van der Waals surface area (Å²) >= 11 is 0. The molecule has 0 spiro atoms. The minimum Gasteiger partial charge on any atom is -0.377 e. The second-order valence-electron chi connectivity index (χ2n) is 6.98. The van der Waals surface area contributed by atoms with Crippen molar-refractivity contribution in [2.24, 2.45) is 0 Å². The minimum atomic E-state index is -0.0532. The lowest BCUT2D eigenvalue weighted by atomic mass is 10.0. The zero-order chi connectivity index (χ0) is 19.2. The molecule has 0 radical (unpaired) electrons. The lowest BCUT2D eigenvalue weighted by Gasteiger charge is -2.33. The Bertz CT molecular complexity index is 819. The average Bonchev–Trinajstić information content (AvgIpc) is 2.67. The fraction of sp³-hybridized carbons (Fsp3) is 0.364. The van der Waals surface area contributed by atoms with Crippen LogP contribution in [0.3, 0.4) is 0 Å². The van der Waals surface area contributed by atoms with Crippen LogP contribution >= 0.6 is 0 Å². The number of anilines is 1. The number of aryl methyl sites for hydroxylation is 2. The zero-order valence-electron chi connectivity index (χ0n) is 15.9. The molecule has 3 rings (SSSR count). The highest BCUT2D eigenvalue weighted by molar-refractivity contribution is 5.97. The maximum Gasteiger partial charge on any atom is 0.254 e. The molecule has 5 heteroatoms. The number of rotatable bonds is 5. The summed E-state index contributed by atoms with van der Waals surface area (Å²) in [5, 5.41) is 2.91. The Morgan fingerprint density at radius 2 is 2.00 bits per heavy atom. The largest absolute Gasteiger partial charge is 0.377 e. The molecule has 1 heterocycles. The smallest absolute Gasteiger partial charge is 0.254 e. The van der Waals surface area contributed by atoms with Gasteiger partial charge in [0.15, 0.2) is 0 Å². The van der Waals surface area contributed by atoms with Gasteiger partial charge in [-0.05, 0) is 49.6 Å². The summed E-state index contributed by atoms with van der Waals surface area (Å²) in [5.41, 5.74) is 3.60. The van der Waals surface area contributed by atoms with Gasteiger partial charge in [0, 0.05) is 24.2 Å². The van der Waals surface area contributed by atoms with Crippen molar-refractivity contribution in [2.75, 3.05) is 25.1 Å². The first-order valence-corrected chi connectivity index (χ1v) is 9.38. The molecule has 27 heavy (non-hydrogen) atoms. The third-order valence-corrected chi connectivity index (χ3v) is 4.90. The van der Waals surface area contributed by atoms with Gasteiger partial charge in [-0.1, -0.05) is 30.3 Å². The molecule has 142 valence electrons. The van der Waals surface area contributed by atoms with Crippen molar-refractivity contribution in [1.29, 1.82) is 0 Å². The number of nitrogens with zero attached hydrogens (tertiary/aromatic N) is 1. The van der Waals surface area contributed by atoms with E-state index in [1.807, 2.05) is 36.1 Å². The van der Waals surface area contributed by atoms with Crippen molar-refractivity contribution in [1.82, 2.24) is 4.90 Å². The molecule has 1 aliphatic rings. The van der Waals surface area contributed by atoms with Crippen LogP contribution in [-0.4, -0.2) is 42.5 Å². The van der Waals surface area contributed by atoms with E-state index in [1.165, 1.54) is 11.1 Å². The van der Waals surface area contributed by atoms with Gasteiger partial charge in [0.05, 0.1) is 19.3 Å². The van der Waals surface area contributed by atoms with Crippen molar-refractivity contribution >= 4 is 17.5 Å². The summed E-state index contributed by atoms with van der Waals surface area (Å²) < 4.78 is 5.40. The molecule has 2 amide bonds. The van der Waals surface area contributed by atoms with Gasteiger partial charge < -0.3 is 15.0 Å². The number of amides is 2. The minimum absolute atomic E-state index is 0.0261. The first kappa shape index (κ1) is 19.1. The molecule has 1 saturated heterocycles. The van der Waals surface area contributed by atoms with Gasteiger partial charge in [0.1, 0.15) is 0 Å². The van der Waals surface area contributed by atoms with Crippen LogP contribution in [0.4, 0.5) is 5.69 Å². The quantitative estimate of drug-likeness (QED) is 0.882. The molecule has 1 atom stereocenters. The van der Waals surface area contributed by atoms with Gasteiger partial charge in [-0.2, -0.15) is 0 Å². The Kier molecular flexibility index (Phi) is 6.24. The first-order valence-electron chi connectivity index (χ1n) is 9.38. The normalized spacial score (nSPS) is 16.8. The molecule has 1 fully saturated rings. The zero-order valence-corrected chi connectivity index (χ0v) is 15.9. The Balaban J connectivity index is 1.60. The van der Waals surface area contributed by atoms with E-state index in [2.05, 4.69) is 18.3 Å². The van der Waals surface area contributed by atoms with Crippen LogP contribution in [0, 0.1) is 6.92 Å². The van der Waals surface area contributed by atoms with Crippen molar-refractivity contribution in [3.05, 3.63) is 65.2 Å². The predicted molar refractivity (Wildman–Crippen MR) is 106 cm³/mol. The van der Waals surface area contributed by atoms with Crippen molar-refractivity contribution in [3.63, 3.8) is 0 Å². The summed E-state index contributed by atoms with van der Waals surface area (Å²) in [6.07, 6.45) is 1.10. The van der Waals surface area contributed by atoms with E-state index in [1.54, 1.807) is 18.2 Å². The second kappa shape index (κ2) is 8.82. The standard InChI is InChI=1S/C22H26N2O3/c1-16-6-3-4-7-18(16)10-11-21(25)23-20-9-5-8-19(14-20)22(26)24-12-13-27-15-17(24)2/h3-9,14,17H,10-13,15H2,1-2H3,(H,23,25). The number of carbonyl (C=O) groups excluding carboxylic acids is 2. The summed E-state index contributed by atoms with van der Waals surface area (Å²) in [6, 6.07) is 15.3. The number of ether oxygens (including phenoxy) is 1. The number of nitrogens with one attached hydrogen (secondary N) is 1. The van der Waals surface area contributed by atoms with Crippen LogP contribution in [-0.2, 0) is 16.0 Å². The lowest BCUT2D eigenvalue weighted by molar-refractivity contribution is -0.116. The summed E-state index contributed by atoms with van der Waals surface area (Å²) in [7, 11) is 0. The molecular formula is C22H26N2O3. The predicted octanol–water partition coefficient (Wildman–Crippen LogP) is 3.43.